The van der Waals surface area contributed by atoms with E-state index in [0.29, 0.717) is 6.54 Å². The van der Waals surface area contributed by atoms with E-state index in [1.54, 1.807) is 23.5 Å². The molecule has 0 radical (unpaired) electrons. The number of rotatable bonds is 7. The van der Waals surface area contributed by atoms with E-state index < -0.39 is 0 Å². The molecule has 0 unspecified atom stereocenters. The summed E-state index contributed by atoms with van der Waals surface area (Å²) in [5.41, 5.74) is 6.95. The van der Waals surface area contributed by atoms with Gasteiger partial charge in [-0.2, -0.15) is 0 Å². The van der Waals surface area contributed by atoms with Gasteiger partial charge in [0.1, 0.15) is 5.82 Å². The number of hydrogen-bond acceptors (Lipinski definition) is 3. The van der Waals surface area contributed by atoms with Gasteiger partial charge < -0.3 is 11.1 Å². The lowest BCUT2D eigenvalue weighted by molar-refractivity contribution is 0.617. The zero-order valence-electron chi connectivity index (χ0n) is 11.6. The first-order valence-electron chi connectivity index (χ1n) is 7.42. The van der Waals surface area contributed by atoms with Gasteiger partial charge in [-0.25, -0.2) is 4.39 Å². The Labute approximate surface area is 123 Å². The molecule has 2 aromatic rings. The number of halogens is 1. The molecule has 3 rings (SSSR count). The molecule has 20 heavy (non-hydrogen) atoms. The number of nitrogens with two attached hydrogens (primary N) is 1. The van der Waals surface area contributed by atoms with Crippen molar-refractivity contribution in [3.8, 4) is 0 Å². The molecule has 3 N–H and O–H groups in total. The van der Waals surface area contributed by atoms with E-state index in [1.165, 1.54) is 12.8 Å². The van der Waals surface area contributed by atoms with Crippen LogP contribution in [-0.2, 0) is 13.0 Å². The van der Waals surface area contributed by atoms with Gasteiger partial charge in [0.05, 0.1) is 0 Å². The lowest BCUT2D eigenvalue weighted by atomic mass is 10.0. The topological polar surface area (TPSA) is 38.0 Å². The monoisotopic (exact) mass is 292 g/mol. The number of benzene rings is 1. The summed E-state index contributed by atoms with van der Waals surface area (Å²) in [4.78, 5) is 1.14. The van der Waals surface area contributed by atoms with Crippen molar-refractivity contribution in [2.75, 3.05) is 6.54 Å². The first-order chi connectivity index (χ1) is 9.79. The average Bonchev–Trinajstić information content (AvgIpc) is 3.19. The van der Waals surface area contributed by atoms with Crippen molar-refractivity contribution in [1.82, 2.24) is 5.32 Å². The molecule has 2 nitrogen and oxygen atoms in total. The number of aryl methyl sites for hydroxylation is 1. The molecule has 0 atom stereocenters. The Balaban J connectivity index is 1.68. The van der Waals surface area contributed by atoms with Gasteiger partial charge >= 0.3 is 0 Å². The van der Waals surface area contributed by atoms with E-state index in [-0.39, 0.29) is 5.82 Å². The summed E-state index contributed by atoms with van der Waals surface area (Å²) in [6.45, 7) is 1.58. The summed E-state index contributed by atoms with van der Waals surface area (Å²) >= 11 is 1.64. The van der Waals surface area contributed by atoms with Gasteiger partial charge in [-0.15, -0.1) is 11.3 Å². The predicted molar refractivity (Wildman–Crippen MR) is 83.6 cm³/mol. The first kappa shape index (κ1) is 14.0. The van der Waals surface area contributed by atoms with Crippen molar-refractivity contribution < 1.29 is 4.39 Å². The number of nitrogens with one attached hydrogen (secondary N) is 1. The molecule has 108 valence electrons. The molecule has 1 aliphatic carbocycles. The molecular formula is C16H21FN2S. The van der Waals surface area contributed by atoms with Gasteiger partial charge in [-0.3, -0.25) is 0 Å². The SMILES string of the molecule is NCc1sc2cccc(F)c2c1CCCCNC1CC1. The molecule has 1 aromatic heterocycles. The second-order valence-electron chi connectivity index (χ2n) is 5.51. The van der Waals surface area contributed by atoms with Crippen molar-refractivity contribution in [2.24, 2.45) is 5.73 Å². The quantitative estimate of drug-likeness (QED) is 0.766. The first-order valence-corrected chi connectivity index (χ1v) is 8.23. The molecule has 0 bridgehead atoms. The lowest BCUT2D eigenvalue weighted by Gasteiger charge is -2.05. The van der Waals surface area contributed by atoms with E-state index in [4.69, 9.17) is 5.73 Å². The predicted octanol–water partition coefficient (Wildman–Crippen LogP) is 3.57. The number of unbranched alkanes of at least 4 members (excludes halogenated alkanes) is 1. The second-order valence-corrected chi connectivity index (χ2v) is 6.64. The zero-order valence-corrected chi connectivity index (χ0v) is 12.4. The van der Waals surface area contributed by atoms with Crippen LogP contribution < -0.4 is 11.1 Å². The summed E-state index contributed by atoms with van der Waals surface area (Å²) < 4.78 is 15.1. The maximum absolute atomic E-state index is 14.0. The van der Waals surface area contributed by atoms with Gasteiger partial charge in [0.15, 0.2) is 0 Å². The molecule has 1 aromatic carbocycles. The van der Waals surface area contributed by atoms with E-state index in [0.717, 1.165) is 52.4 Å². The molecule has 0 amide bonds. The maximum Gasteiger partial charge on any atom is 0.132 e. The maximum atomic E-state index is 14.0. The molecule has 1 heterocycles. The van der Waals surface area contributed by atoms with Crippen molar-refractivity contribution in [2.45, 2.75) is 44.7 Å². The number of fused-ring (bicyclic) bond motifs is 1. The van der Waals surface area contributed by atoms with Crippen LogP contribution in [0.15, 0.2) is 18.2 Å². The zero-order chi connectivity index (χ0) is 13.9. The fourth-order valence-electron chi connectivity index (χ4n) is 2.67. The van der Waals surface area contributed by atoms with Crippen LogP contribution in [0.5, 0.6) is 0 Å². The largest absolute Gasteiger partial charge is 0.326 e. The van der Waals surface area contributed by atoms with Crippen LogP contribution in [0, 0.1) is 5.82 Å². The van der Waals surface area contributed by atoms with Crippen LogP contribution in [0.25, 0.3) is 10.1 Å². The Morgan fingerprint density at radius 2 is 2.15 bits per heavy atom. The minimum atomic E-state index is -0.107. The highest BCUT2D eigenvalue weighted by Gasteiger charge is 2.19. The normalized spacial score (nSPS) is 15.1. The molecule has 1 aliphatic rings. The average molecular weight is 292 g/mol. The highest BCUT2D eigenvalue weighted by Crippen LogP contribution is 2.34. The van der Waals surface area contributed by atoms with Crippen LogP contribution in [0.2, 0.25) is 0 Å². The molecule has 1 fully saturated rings. The van der Waals surface area contributed by atoms with Crippen LogP contribution in [0.1, 0.15) is 36.1 Å². The van der Waals surface area contributed by atoms with Crippen LogP contribution in [0.4, 0.5) is 4.39 Å². The Morgan fingerprint density at radius 1 is 1.30 bits per heavy atom. The standard InChI is InChI=1S/C16H21FN2S/c17-13-5-3-6-14-16(13)12(15(10-18)20-14)4-1-2-9-19-11-7-8-11/h3,5-6,11,19H,1-2,4,7-10,18H2. The summed E-state index contributed by atoms with van der Waals surface area (Å²) in [7, 11) is 0. The summed E-state index contributed by atoms with van der Waals surface area (Å²) in [5, 5.41) is 4.32. The van der Waals surface area contributed by atoms with Gasteiger partial charge in [-0.1, -0.05) is 6.07 Å². The third-order valence-corrected chi connectivity index (χ3v) is 5.12. The third kappa shape index (κ3) is 3.03. The van der Waals surface area contributed by atoms with Crippen LogP contribution in [-0.4, -0.2) is 12.6 Å². The molecule has 0 aliphatic heterocycles. The minimum Gasteiger partial charge on any atom is -0.326 e. The Morgan fingerprint density at radius 3 is 2.90 bits per heavy atom. The Bertz CT molecular complexity index is 589. The molecule has 1 saturated carbocycles. The smallest absolute Gasteiger partial charge is 0.132 e. The highest BCUT2D eigenvalue weighted by atomic mass is 32.1. The number of hydrogen-bond donors (Lipinski definition) is 2. The van der Waals surface area contributed by atoms with E-state index in [9.17, 15) is 4.39 Å². The summed E-state index contributed by atoms with van der Waals surface area (Å²) in [5.74, 6) is -0.107. The van der Waals surface area contributed by atoms with E-state index in [1.807, 2.05) is 6.07 Å². The summed E-state index contributed by atoms with van der Waals surface area (Å²) in [6.07, 6.45) is 5.83. The third-order valence-electron chi connectivity index (χ3n) is 3.90. The second kappa shape index (κ2) is 6.20. The molecule has 4 heteroatoms. The van der Waals surface area contributed by atoms with Gasteiger partial charge in [-0.05, 0) is 56.3 Å². The van der Waals surface area contributed by atoms with Gasteiger partial charge in [0, 0.05) is 27.5 Å². The van der Waals surface area contributed by atoms with E-state index >= 15 is 0 Å². The van der Waals surface area contributed by atoms with Crippen LogP contribution in [0.3, 0.4) is 0 Å². The molecule has 0 saturated heterocycles. The van der Waals surface area contributed by atoms with Gasteiger partial charge in [0.2, 0.25) is 0 Å². The van der Waals surface area contributed by atoms with Gasteiger partial charge in [0.25, 0.3) is 0 Å². The fraction of sp³-hybridized carbons (Fsp3) is 0.500. The van der Waals surface area contributed by atoms with Crippen molar-refractivity contribution in [1.29, 1.82) is 0 Å². The Hall–Kier alpha value is -0.970. The van der Waals surface area contributed by atoms with Crippen molar-refractivity contribution in [3.63, 3.8) is 0 Å². The molecular weight excluding hydrogens is 271 g/mol. The Kier molecular flexibility index (Phi) is 4.34. The van der Waals surface area contributed by atoms with Crippen molar-refractivity contribution in [3.05, 3.63) is 34.5 Å². The van der Waals surface area contributed by atoms with Crippen molar-refractivity contribution >= 4 is 21.4 Å². The van der Waals surface area contributed by atoms with E-state index in [2.05, 4.69) is 5.32 Å². The highest BCUT2D eigenvalue weighted by molar-refractivity contribution is 7.19. The van der Waals surface area contributed by atoms with Crippen LogP contribution >= 0.6 is 11.3 Å². The summed E-state index contributed by atoms with van der Waals surface area (Å²) in [6, 6.07) is 6.08. The number of thiophene rings is 1. The minimum absolute atomic E-state index is 0.107. The lowest BCUT2D eigenvalue weighted by Crippen LogP contribution is -2.17. The fourth-order valence-corrected chi connectivity index (χ4v) is 3.81. The molecule has 0 spiro atoms.